The quantitative estimate of drug-likeness (QED) is 0.835. The number of primary amides is 1. The number of benzene rings is 2. The number of hydrogen-bond acceptors (Lipinski definition) is 3. The van der Waals surface area contributed by atoms with Crippen molar-refractivity contribution in [2.24, 2.45) is 5.73 Å². The third-order valence-electron chi connectivity index (χ3n) is 3.42. The molecule has 0 aliphatic carbocycles. The van der Waals surface area contributed by atoms with E-state index < -0.39 is 5.91 Å². The zero-order valence-corrected chi connectivity index (χ0v) is 11.1. The fourth-order valence-corrected chi connectivity index (χ4v) is 2.32. The Balaban J connectivity index is 1.90. The Morgan fingerprint density at radius 3 is 2.24 bits per heavy atom. The van der Waals surface area contributed by atoms with Gasteiger partial charge in [-0.05, 0) is 35.9 Å². The summed E-state index contributed by atoms with van der Waals surface area (Å²) in [7, 11) is 0. The monoisotopic (exact) mass is 280 g/mol. The minimum atomic E-state index is -0.531. The van der Waals surface area contributed by atoms with E-state index in [1.165, 1.54) is 12.1 Å². The second kappa shape index (κ2) is 4.86. The van der Waals surface area contributed by atoms with Crippen molar-refractivity contribution in [1.29, 1.82) is 0 Å². The van der Waals surface area contributed by atoms with Crippen molar-refractivity contribution in [3.63, 3.8) is 0 Å². The molecule has 2 aromatic rings. The van der Waals surface area contributed by atoms with Gasteiger partial charge in [-0.2, -0.15) is 0 Å². The first-order valence-electron chi connectivity index (χ1n) is 6.42. The molecule has 3 N–H and O–H groups in total. The van der Waals surface area contributed by atoms with Crippen molar-refractivity contribution in [2.75, 3.05) is 5.32 Å². The standard InChI is InChI=1S/C16H12N2O3/c17-16(21)10-3-1-9(2-4-10)15(20)11-5-6-13-12(7-11)8-14(19)18-13/h1-7H,8H2,(H2,17,21)(H,18,19). The van der Waals surface area contributed by atoms with Crippen LogP contribution in [0, 0.1) is 0 Å². The molecule has 1 aliphatic rings. The van der Waals surface area contributed by atoms with Crippen molar-refractivity contribution in [2.45, 2.75) is 6.42 Å². The molecular formula is C16H12N2O3. The predicted molar refractivity (Wildman–Crippen MR) is 77.2 cm³/mol. The van der Waals surface area contributed by atoms with Crippen LogP contribution >= 0.6 is 0 Å². The van der Waals surface area contributed by atoms with Gasteiger partial charge < -0.3 is 11.1 Å². The van der Waals surface area contributed by atoms with Gasteiger partial charge in [-0.3, -0.25) is 14.4 Å². The van der Waals surface area contributed by atoms with Crippen LogP contribution in [0.2, 0.25) is 0 Å². The largest absolute Gasteiger partial charge is 0.366 e. The van der Waals surface area contributed by atoms with Crippen molar-refractivity contribution in [3.05, 3.63) is 64.7 Å². The van der Waals surface area contributed by atoms with E-state index in [0.717, 1.165) is 11.3 Å². The highest BCUT2D eigenvalue weighted by molar-refractivity contribution is 6.10. The molecule has 1 aliphatic heterocycles. The fourth-order valence-electron chi connectivity index (χ4n) is 2.32. The average Bonchev–Trinajstić information content (AvgIpc) is 2.85. The Morgan fingerprint density at radius 1 is 0.952 bits per heavy atom. The smallest absolute Gasteiger partial charge is 0.248 e. The summed E-state index contributed by atoms with van der Waals surface area (Å²) in [5.41, 5.74) is 8.07. The lowest BCUT2D eigenvalue weighted by molar-refractivity contribution is -0.115. The second-order valence-corrected chi connectivity index (χ2v) is 4.87. The summed E-state index contributed by atoms with van der Waals surface area (Å²) >= 11 is 0. The third kappa shape index (κ3) is 2.41. The van der Waals surface area contributed by atoms with Crippen LogP contribution in [0.3, 0.4) is 0 Å². The van der Waals surface area contributed by atoms with Crippen LogP contribution in [0.15, 0.2) is 42.5 Å². The highest BCUT2D eigenvalue weighted by atomic mass is 16.2. The number of fused-ring (bicyclic) bond motifs is 1. The van der Waals surface area contributed by atoms with E-state index in [4.69, 9.17) is 5.73 Å². The van der Waals surface area contributed by atoms with Gasteiger partial charge in [0, 0.05) is 22.4 Å². The Labute approximate surface area is 120 Å². The molecule has 3 rings (SSSR count). The predicted octanol–water partition coefficient (Wildman–Crippen LogP) is 1.51. The van der Waals surface area contributed by atoms with Gasteiger partial charge in [0.15, 0.2) is 5.78 Å². The molecule has 2 amide bonds. The number of nitrogens with one attached hydrogen (secondary N) is 1. The lowest BCUT2D eigenvalue weighted by atomic mass is 9.99. The SMILES string of the molecule is NC(=O)c1ccc(C(=O)c2ccc3c(c2)CC(=O)N3)cc1. The molecule has 0 saturated carbocycles. The summed E-state index contributed by atoms with van der Waals surface area (Å²) in [4.78, 5) is 34.7. The molecule has 0 radical (unpaired) electrons. The Bertz CT molecular complexity index is 764. The molecule has 0 aromatic heterocycles. The van der Waals surface area contributed by atoms with Crippen LogP contribution in [0.25, 0.3) is 0 Å². The maximum absolute atomic E-state index is 12.4. The summed E-state index contributed by atoms with van der Waals surface area (Å²) in [6, 6.07) is 11.3. The number of carbonyl (C=O) groups is 3. The van der Waals surface area contributed by atoms with Gasteiger partial charge in [0.2, 0.25) is 11.8 Å². The van der Waals surface area contributed by atoms with E-state index in [9.17, 15) is 14.4 Å². The molecule has 0 saturated heterocycles. The van der Waals surface area contributed by atoms with Gasteiger partial charge in [-0.25, -0.2) is 0 Å². The number of carbonyl (C=O) groups excluding carboxylic acids is 3. The molecule has 5 heteroatoms. The zero-order chi connectivity index (χ0) is 15.0. The van der Waals surface area contributed by atoms with E-state index in [2.05, 4.69) is 5.32 Å². The van der Waals surface area contributed by atoms with Crippen LogP contribution in [0.4, 0.5) is 5.69 Å². The third-order valence-corrected chi connectivity index (χ3v) is 3.42. The summed E-state index contributed by atoms with van der Waals surface area (Å²) in [6.07, 6.45) is 0.289. The number of amides is 2. The first-order valence-corrected chi connectivity index (χ1v) is 6.42. The van der Waals surface area contributed by atoms with Crippen LogP contribution in [0.1, 0.15) is 31.8 Å². The first kappa shape index (κ1) is 13.1. The van der Waals surface area contributed by atoms with E-state index in [1.54, 1.807) is 30.3 Å². The first-order chi connectivity index (χ1) is 10.0. The van der Waals surface area contributed by atoms with Crippen LogP contribution in [-0.4, -0.2) is 17.6 Å². The summed E-state index contributed by atoms with van der Waals surface area (Å²) < 4.78 is 0. The van der Waals surface area contributed by atoms with Gasteiger partial charge in [0.05, 0.1) is 6.42 Å². The molecule has 0 unspecified atom stereocenters. The van der Waals surface area contributed by atoms with Gasteiger partial charge in [-0.1, -0.05) is 12.1 Å². The molecule has 5 nitrogen and oxygen atoms in total. The number of ketones is 1. The van der Waals surface area contributed by atoms with Crippen LogP contribution in [0.5, 0.6) is 0 Å². The van der Waals surface area contributed by atoms with E-state index in [0.29, 0.717) is 16.7 Å². The Hall–Kier alpha value is -2.95. The maximum Gasteiger partial charge on any atom is 0.248 e. The zero-order valence-electron chi connectivity index (χ0n) is 11.1. The average molecular weight is 280 g/mol. The van der Waals surface area contributed by atoms with Gasteiger partial charge in [-0.15, -0.1) is 0 Å². The number of hydrogen-bond donors (Lipinski definition) is 2. The fraction of sp³-hybridized carbons (Fsp3) is 0.0625. The van der Waals surface area contributed by atoms with E-state index >= 15 is 0 Å². The van der Waals surface area contributed by atoms with Crippen molar-refractivity contribution >= 4 is 23.3 Å². The topological polar surface area (TPSA) is 89.3 Å². The van der Waals surface area contributed by atoms with Crippen LogP contribution < -0.4 is 11.1 Å². The highest BCUT2D eigenvalue weighted by Gasteiger charge is 2.19. The van der Waals surface area contributed by atoms with Crippen molar-refractivity contribution in [1.82, 2.24) is 0 Å². The van der Waals surface area contributed by atoms with Crippen molar-refractivity contribution < 1.29 is 14.4 Å². The molecule has 0 spiro atoms. The van der Waals surface area contributed by atoms with Gasteiger partial charge in [0.1, 0.15) is 0 Å². The molecule has 21 heavy (non-hydrogen) atoms. The molecular weight excluding hydrogens is 268 g/mol. The minimum absolute atomic E-state index is 0.0691. The van der Waals surface area contributed by atoms with Gasteiger partial charge in [0.25, 0.3) is 0 Å². The molecule has 0 bridgehead atoms. The summed E-state index contributed by atoms with van der Waals surface area (Å²) in [5.74, 6) is -0.760. The Morgan fingerprint density at radius 2 is 1.57 bits per heavy atom. The molecule has 0 fully saturated rings. The number of anilines is 1. The second-order valence-electron chi connectivity index (χ2n) is 4.87. The summed E-state index contributed by atoms with van der Waals surface area (Å²) in [5, 5.41) is 2.72. The normalized spacial score (nSPS) is 12.7. The molecule has 1 heterocycles. The lowest BCUT2D eigenvalue weighted by Crippen LogP contribution is -2.11. The maximum atomic E-state index is 12.4. The number of nitrogens with two attached hydrogens (primary N) is 1. The Kier molecular flexibility index (Phi) is 3.02. The molecule has 0 atom stereocenters. The van der Waals surface area contributed by atoms with Crippen molar-refractivity contribution in [3.8, 4) is 0 Å². The summed E-state index contributed by atoms with van der Waals surface area (Å²) in [6.45, 7) is 0. The van der Waals surface area contributed by atoms with Gasteiger partial charge >= 0.3 is 0 Å². The van der Waals surface area contributed by atoms with E-state index in [1.807, 2.05) is 0 Å². The lowest BCUT2D eigenvalue weighted by Gasteiger charge is -2.04. The molecule has 2 aromatic carbocycles. The van der Waals surface area contributed by atoms with Crippen LogP contribution in [-0.2, 0) is 11.2 Å². The highest BCUT2D eigenvalue weighted by Crippen LogP contribution is 2.25. The number of rotatable bonds is 3. The minimum Gasteiger partial charge on any atom is -0.366 e. The van der Waals surface area contributed by atoms with E-state index in [-0.39, 0.29) is 18.1 Å². The molecule has 104 valence electrons.